The highest BCUT2D eigenvalue weighted by molar-refractivity contribution is 7.99. The first kappa shape index (κ1) is 34.6. The minimum absolute atomic E-state index is 0.0540. The fourth-order valence-corrected chi connectivity index (χ4v) is 5.51. The molecule has 3 atom stereocenters. The van der Waals surface area contributed by atoms with Crippen molar-refractivity contribution < 1.29 is 33.4 Å². The second-order valence-corrected chi connectivity index (χ2v) is 12.7. The number of rotatable bonds is 13. The van der Waals surface area contributed by atoms with Crippen LogP contribution in [0.15, 0.2) is 46.5 Å². The molecule has 3 N–H and O–H groups in total. The summed E-state index contributed by atoms with van der Waals surface area (Å²) in [7, 11) is 1.36. The molecule has 15 nitrogen and oxygen atoms in total. The number of aromatic amines is 1. The molecule has 2 aromatic heterocycles. The summed E-state index contributed by atoms with van der Waals surface area (Å²) in [5.41, 5.74) is 1.64. The first-order valence-electron chi connectivity index (χ1n) is 15.7. The summed E-state index contributed by atoms with van der Waals surface area (Å²) in [6, 6.07) is 11.3. The Morgan fingerprint density at radius 3 is 2.19 bits per heavy atom. The van der Waals surface area contributed by atoms with Crippen LogP contribution in [0, 0.1) is 12.8 Å². The van der Waals surface area contributed by atoms with Gasteiger partial charge in [0.25, 0.3) is 5.91 Å². The zero-order chi connectivity index (χ0) is 34.4. The lowest BCUT2D eigenvalue weighted by Crippen LogP contribution is -2.52. The van der Waals surface area contributed by atoms with Crippen molar-refractivity contribution in [1.29, 1.82) is 0 Å². The molecule has 3 heterocycles. The van der Waals surface area contributed by atoms with E-state index in [1.165, 1.54) is 39.6 Å². The van der Waals surface area contributed by atoms with Crippen molar-refractivity contribution in [2.24, 2.45) is 5.92 Å². The van der Waals surface area contributed by atoms with Crippen molar-refractivity contribution in [3.05, 3.63) is 42.1 Å². The van der Waals surface area contributed by atoms with E-state index in [-0.39, 0.29) is 17.7 Å². The van der Waals surface area contributed by atoms with Crippen molar-refractivity contribution in [3.63, 3.8) is 0 Å². The molecular weight excluding hydrogens is 640 g/mol. The maximum Gasteiger partial charge on any atom is 0.347 e. The van der Waals surface area contributed by atoms with Crippen LogP contribution >= 0.6 is 11.8 Å². The fraction of sp³-hybridized carbons (Fsp3) is 0.469. The maximum atomic E-state index is 13.1. The number of anilines is 4. The Bertz CT molecular complexity index is 1620. The van der Waals surface area contributed by atoms with Gasteiger partial charge in [0.1, 0.15) is 11.6 Å². The summed E-state index contributed by atoms with van der Waals surface area (Å²) in [4.78, 5) is 63.8. The van der Waals surface area contributed by atoms with Crippen LogP contribution in [0.2, 0.25) is 0 Å². The SMILES string of the molecule is COC(C)C(=O)OC(C)C(=O)OC(C)C(=O)N1CCN(c2cc(Nc3cc(C)[nH]n3)nc(Sc3ccc(NC(=O)C4CC4)cc3)n2)CC1. The molecule has 5 rings (SSSR count). The summed E-state index contributed by atoms with van der Waals surface area (Å²) in [5.74, 6) is 0.143. The Morgan fingerprint density at radius 2 is 1.56 bits per heavy atom. The number of aryl methyl sites for hydroxylation is 1. The molecule has 48 heavy (non-hydrogen) atoms. The quantitative estimate of drug-likeness (QED) is 0.177. The molecule has 256 valence electrons. The lowest BCUT2D eigenvalue weighted by molar-refractivity contribution is -0.177. The third-order valence-electron chi connectivity index (χ3n) is 7.80. The normalized spacial score (nSPS) is 16.4. The van der Waals surface area contributed by atoms with Gasteiger partial charge in [0.05, 0.1) is 0 Å². The van der Waals surface area contributed by atoms with Crippen LogP contribution in [0.25, 0.3) is 0 Å². The number of hydrogen-bond donors (Lipinski definition) is 3. The molecule has 2 aliphatic rings. The standard InChI is InChI=1S/C32H40N8O7S/c1-18-16-26(38-37-18)34-25-17-27(36-32(35-25)48-24-10-8-23(9-11-24)33-28(41)22-6-7-22)39-12-14-40(15-13-39)29(42)19(2)46-31(44)21(4)47-30(43)20(3)45-5/h8-11,16-17,19-22H,6-7,12-15H2,1-5H3,(H,33,41)(H2,34,35,36,37,38). The van der Waals surface area contributed by atoms with E-state index >= 15 is 0 Å². The first-order chi connectivity index (χ1) is 23.0. The molecule has 1 saturated carbocycles. The summed E-state index contributed by atoms with van der Waals surface area (Å²) in [5, 5.41) is 13.9. The van der Waals surface area contributed by atoms with Crippen molar-refractivity contribution in [1.82, 2.24) is 25.1 Å². The van der Waals surface area contributed by atoms with Gasteiger partial charge >= 0.3 is 11.9 Å². The Kier molecular flexibility index (Phi) is 11.2. The number of H-pyrrole nitrogens is 1. The van der Waals surface area contributed by atoms with Gasteiger partial charge in [-0.1, -0.05) is 0 Å². The number of hydrogen-bond acceptors (Lipinski definition) is 13. The van der Waals surface area contributed by atoms with Crippen LogP contribution in [0.5, 0.6) is 0 Å². The number of benzene rings is 1. The Hall–Kier alpha value is -4.70. The number of carbonyl (C=O) groups is 4. The topological polar surface area (TPSA) is 181 Å². The highest BCUT2D eigenvalue weighted by Gasteiger charge is 2.31. The molecule has 1 aliphatic heterocycles. The van der Waals surface area contributed by atoms with Crippen LogP contribution in [-0.4, -0.2) is 100 Å². The first-order valence-corrected chi connectivity index (χ1v) is 16.5. The predicted molar refractivity (Wildman–Crippen MR) is 177 cm³/mol. The molecule has 1 aromatic carbocycles. The van der Waals surface area contributed by atoms with Gasteiger partial charge in [-0.15, -0.1) is 0 Å². The highest BCUT2D eigenvalue weighted by Crippen LogP contribution is 2.32. The van der Waals surface area contributed by atoms with Crippen LogP contribution in [0.1, 0.15) is 39.3 Å². The van der Waals surface area contributed by atoms with Gasteiger partial charge in [-0.05, 0) is 76.6 Å². The number of esters is 2. The van der Waals surface area contributed by atoms with Gasteiger partial charge in [0.15, 0.2) is 29.3 Å². The zero-order valence-electron chi connectivity index (χ0n) is 27.5. The van der Waals surface area contributed by atoms with Crippen LogP contribution in [-0.2, 0) is 33.4 Å². The molecule has 3 unspecified atom stereocenters. The maximum absolute atomic E-state index is 13.1. The summed E-state index contributed by atoms with van der Waals surface area (Å²) in [6.45, 7) is 7.99. The number of aromatic nitrogens is 4. The van der Waals surface area contributed by atoms with Gasteiger partial charge in [-0.25, -0.2) is 19.6 Å². The van der Waals surface area contributed by atoms with Gasteiger partial charge in [0.2, 0.25) is 5.91 Å². The number of piperazine rings is 1. The molecule has 0 spiro atoms. The van der Waals surface area contributed by atoms with Gasteiger partial charge in [-0.3, -0.25) is 14.7 Å². The van der Waals surface area contributed by atoms with E-state index in [1.807, 2.05) is 43.3 Å². The minimum atomic E-state index is -1.19. The summed E-state index contributed by atoms with van der Waals surface area (Å²) < 4.78 is 15.3. The van der Waals surface area contributed by atoms with Crippen LogP contribution in [0.4, 0.5) is 23.1 Å². The predicted octanol–water partition coefficient (Wildman–Crippen LogP) is 3.30. The molecule has 1 aliphatic carbocycles. The van der Waals surface area contributed by atoms with Crippen LogP contribution < -0.4 is 15.5 Å². The van der Waals surface area contributed by atoms with Gasteiger partial charge in [-0.2, -0.15) is 5.10 Å². The average Bonchev–Trinajstić information content (AvgIpc) is 3.86. The van der Waals surface area contributed by atoms with E-state index in [1.54, 1.807) is 4.90 Å². The van der Waals surface area contributed by atoms with E-state index in [0.717, 1.165) is 29.1 Å². The Balaban J connectivity index is 1.22. The van der Waals surface area contributed by atoms with E-state index in [4.69, 9.17) is 24.2 Å². The highest BCUT2D eigenvalue weighted by atomic mass is 32.2. The molecule has 3 aromatic rings. The number of methoxy groups -OCH3 is 1. The second-order valence-electron chi connectivity index (χ2n) is 11.7. The summed E-state index contributed by atoms with van der Waals surface area (Å²) >= 11 is 1.38. The smallest absolute Gasteiger partial charge is 0.347 e. The van der Waals surface area contributed by atoms with Gasteiger partial charge < -0.3 is 34.6 Å². The molecule has 0 bridgehead atoms. The second kappa shape index (κ2) is 15.5. The van der Waals surface area contributed by atoms with Gasteiger partial charge in [0, 0.05) is 67.6 Å². The Labute approximate surface area is 282 Å². The van der Waals surface area contributed by atoms with E-state index in [9.17, 15) is 19.2 Å². The number of amides is 2. The lowest BCUT2D eigenvalue weighted by Gasteiger charge is -2.36. The fourth-order valence-electron chi connectivity index (χ4n) is 4.75. The molecule has 0 radical (unpaired) electrons. The zero-order valence-corrected chi connectivity index (χ0v) is 28.3. The third-order valence-corrected chi connectivity index (χ3v) is 8.67. The molecular formula is C32H40N8O7S. The van der Waals surface area contributed by atoms with Crippen molar-refractivity contribution in [2.45, 2.75) is 68.9 Å². The summed E-state index contributed by atoms with van der Waals surface area (Å²) in [6.07, 6.45) is -1.20. The number of nitrogens with one attached hydrogen (secondary N) is 3. The van der Waals surface area contributed by atoms with Crippen molar-refractivity contribution in [2.75, 3.05) is 48.8 Å². The monoisotopic (exact) mass is 680 g/mol. The van der Waals surface area contributed by atoms with Crippen LogP contribution in [0.3, 0.4) is 0 Å². The Morgan fingerprint density at radius 1 is 0.896 bits per heavy atom. The third kappa shape index (κ3) is 9.22. The van der Waals surface area contributed by atoms with E-state index < -0.39 is 30.3 Å². The number of carbonyl (C=O) groups excluding carboxylic acids is 4. The number of nitrogens with zero attached hydrogens (tertiary/aromatic N) is 5. The van der Waals surface area contributed by atoms with Crippen molar-refractivity contribution in [3.8, 4) is 0 Å². The largest absolute Gasteiger partial charge is 0.450 e. The minimum Gasteiger partial charge on any atom is -0.450 e. The lowest BCUT2D eigenvalue weighted by atomic mass is 10.2. The molecule has 1 saturated heterocycles. The molecule has 16 heteroatoms. The molecule has 2 fully saturated rings. The number of ether oxygens (including phenoxy) is 3. The van der Waals surface area contributed by atoms with Crippen molar-refractivity contribution >= 4 is 58.7 Å². The molecule has 2 amide bonds. The van der Waals surface area contributed by atoms with E-state index in [2.05, 4.69) is 25.7 Å². The van der Waals surface area contributed by atoms with E-state index in [0.29, 0.717) is 48.8 Å². The average molecular weight is 681 g/mol.